The van der Waals surface area contributed by atoms with Gasteiger partial charge >= 0.3 is 5.97 Å². The maximum Gasteiger partial charge on any atom is 0.306 e. The van der Waals surface area contributed by atoms with Crippen LogP contribution in [0, 0.1) is 0 Å². The minimum Gasteiger partial charge on any atom is -0.462 e. The third-order valence-electron chi connectivity index (χ3n) is 12.3. The molecule has 0 aliphatic carbocycles. The first-order valence-corrected chi connectivity index (χ1v) is 27.9. The van der Waals surface area contributed by atoms with Gasteiger partial charge in [0, 0.05) is 6.42 Å². The van der Waals surface area contributed by atoms with Crippen molar-refractivity contribution in [3.63, 3.8) is 0 Å². The molecule has 0 heterocycles. The molecule has 0 rings (SSSR count). The number of aliphatic hydroxyl groups excluding tert-OH is 2. The van der Waals surface area contributed by atoms with Gasteiger partial charge in [-0.2, -0.15) is 0 Å². The molecule has 0 bridgehead atoms. The molecular weight excluding hydrogens is 815 g/mol. The highest BCUT2D eigenvalue weighted by molar-refractivity contribution is 5.77. The van der Waals surface area contributed by atoms with Crippen molar-refractivity contribution < 1.29 is 24.5 Å². The van der Waals surface area contributed by atoms with Crippen molar-refractivity contribution in [1.29, 1.82) is 0 Å². The smallest absolute Gasteiger partial charge is 0.306 e. The lowest BCUT2D eigenvalue weighted by atomic mass is 10.0. The summed E-state index contributed by atoms with van der Waals surface area (Å²) >= 11 is 0. The second-order valence-corrected chi connectivity index (χ2v) is 18.7. The molecule has 0 spiro atoms. The number of hydrogen-bond donors (Lipinski definition) is 3. The van der Waals surface area contributed by atoms with Gasteiger partial charge in [-0.05, 0) is 70.6 Å². The highest BCUT2D eigenvalue weighted by Gasteiger charge is 2.24. The zero-order chi connectivity index (χ0) is 48.1. The van der Waals surface area contributed by atoms with E-state index in [9.17, 15) is 19.8 Å². The van der Waals surface area contributed by atoms with Gasteiger partial charge in [0.25, 0.3) is 0 Å². The molecule has 0 aromatic rings. The quantitative estimate of drug-likeness (QED) is 0.0245. The zero-order valence-corrected chi connectivity index (χ0v) is 43.3. The number of carbonyl (C=O) groups excluding carboxylic acids is 2. The Hall–Kier alpha value is -2.96. The summed E-state index contributed by atoms with van der Waals surface area (Å²) in [4.78, 5) is 26.2. The largest absolute Gasteiger partial charge is 0.462 e. The monoisotopic (exact) mass is 920 g/mol. The summed E-state index contributed by atoms with van der Waals surface area (Å²) in [6, 6.07) is -0.722. The SMILES string of the molecule is CC/C=C/C/C=C/CCCCCCCCCC(=O)OC(CCCCC/C=C/C=C/C=C/C=C/C=C/CCC)CC(=O)NC(CO)C(O)CCCCCCCCCCCCCCCCCCC. The Balaban J connectivity index is 4.64. The van der Waals surface area contributed by atoms with E-state index in [-0.39, 0.29) is 24.9 Å². The van der Waals surface area contributed by atoms with Crippen molar-refractivity contribution in [1.82, 2.24) is 5.32 Å². The topological polar surface area (TPSA) is 95.9 Å². The van der Waals surface area contributed by atoms with E-state index < -0.39 is 18.2 Å². The number of hydrogen-bond acceptors (Lipinski definition) is 5. The number of carbonyl (C=O) groups is 2. The van der Waals surface area contributed by atoms with Gasteiger partial charge in [0.1, 0.15) is 6.10 Å². The maximum absolute atomic E-state index is 13.3. The predicted molar refractivity (Wildman–Crippen MR) is 287 cm³/mol. The molecule has 0 aliphatic rings. The molecule has 66 heavy (non-hydrogen) atoms. The van der Waals surface area contributed by atoms with E-state index in [2.05, 4.69) is 74.7 Å². The molecule has 0 aromatic carbocycles. The fraction of sp³-hybridized carbons (Fsp3) is 0.733. The van der Waals surface area contributed by atoms with Gasteiger partial charge in [0.2, 0.25) is 5.91 Å². The fourth-order valence-electron chi connectivity index (χ4n) is 8.15. The Morgan fingerprint density at radius 1 is 0.470 bits per heavy atom. The van der Waals surface area contributed by atoms with Gasteiger partial charge in [-0.3, -0.25) is 9.59 Å². The van der Waals surface area contributed by atoms with Crippen molar-refractivity contribution in [3.05, 3.63) is 85.1 Å². The first kappa shape index (κ1) is 63.0. The first-order valence-electron chi connectivity index (χ1n) is 27.9. The van der Waals surface area contributed by atoms with E-state index >= 15 is 0 Å². The molecular formula is C60H105NO5. The van der Waals surface area contributed by atoms with Crippen molar-refractivity contribution in [2.24, 2.45) is 0 Å². The van der Waals surface area contributed by atoms with E-state index in [0.717, 1.165) is 89.9 Å². The fourth-order valence-corrected chi connectivity index (χ4v) is 8.15. The Kier molecular flexibility index (Phi) is 50.6. The molecule has 0 radical (unpaired) electrons. The Labute approximate surface area is 408 Å². The molecule has 0 saturated heterocycles. The highest BCUT2D eigenvalue weighted by atomic mass is 16.5. The molecule has 0 fully saturated rings. The lowest BCUT2D eigenvalue weighted by Gasteiger charge is -2.24. The number of aliphatic hydroxyl groups is 2. The van der Waals surface area contributed by atoms with Crippen molar-refractivity contribution >= 4 is 11.9 Å². The molecule has 1 amide bonds. The molecule has 3 unspecified atom stereocenters. The number of nitrogens with one attached hydrogen (secondary N) is 1. The van der Waals surface area contributed by atoms with E-state index in [0.29, 0.717) is 19.3 Å². The lowest BCUT2D eigenvalue weighted by Crippen LogP contribution is -2.46. The minimum absolute atomic E-state index is 0.0428. The van der Waals surface area contributed by atoms with Crippen LogP contribution < -0.4 is 5.32 Å². The molecule has 0 saturated carbocycles. The number of ether oxygens (including phenoxy) is 1. The molecule has 3 N–H and O–H groups in total. The second kappa shape index (κ2) is 53.0. The number of esters is 1. The molecule has 0 aliphatic heterocycles. The molecule has 380 valence electrons. The van der Waals surface area contributed by atoms with E-state index in [1.165, 1.54) is 122 Å². The van der Waals surface area contributed by atoms with Crippen LogP contribution >= 0.6 is 0 Å². The zero-order valence-electron chi connectivity index (χ0n) is 43.3. The summed E-state index contributed by atoms with van der Waals surface area (Å²) in [5.41, 5.74) is 0. The molecule has 0 aromatic heterocycles. The Morgan fingerprint density at radius 2 is 0.909 bits per heavy atom. The number of unbranched alkanes of at least 4 members (excludes halogenated alkanes) is 27. The van der Waals surface area contributed by atoms with Crippen LogP contribution in [-0.4, -0.2) is 46.9 Å². The van der Waals surface area contributed by atoms with Gasteiger partial charge in [0.15, 0.2) is 0 Å². The third kappa shape index (κ3) is 47.5. The summed E-state index contributed by atoms with van der Waals surface area (Å²) in [6.07, 6.45) is 69.3. The Morgan fingerprint density at radius 3 is 1.44 bits per heavy atom. The molecule has 6 heteroatoms. The summed E-state index contributed by atoms with van der Waals surface area (Å²) in [5.74, 6) is -0.525. The molecule has 3 atom stereocenters. The molecule has 6 nitrogen and oxygen atoms in total. The van der Waals surface area contributed by atoms with Crippen LogP contribution in [-0.2, 0) is 14.3 Å². The minimum atomic E-state index is -0.806. The van der Waals surface area contributed by atoms with Crippen molar-refractivity contribution in [2.45, 2.75) is 277 Å². The van der Waals surface area contributed by atoms with Gasteiger partial charge in [-0.1, -0.05) is 260 Å². The van der Waals surface area contributed by atoms with Crippen LogP contribution in [0.5, 0.6) is 0 Å². The van der Waals surface area contributed by atoms with E-state index in [4.69, 9.17) is 4.74 Å². The highest BCUT2D eigenvalue weighted by Crippen LogP contribution is 2.18. The second-order valence-electron chi connectivity index (χ2n) is 18.7. The van der Waals surface area contributed by atoms with Gasteiger partial charge in [0.05, 0.1) is 25.2 Å². The van der Waals surface area contributed by atoms with Crippen LogP contribution in [0.3, 0.4) is 0 Å². The Bertz CT molecular complexity index is 1260. The summed E-state index contributed by atoms with van der Waals surface area (Å²) in [6.45, 7) is 6.29. The summed E-state index contributed by atoms with van der Waals surface area (Å²) in [5, 5.41) is 23.9. The van der Waals surface area contributed by atoms with Crippen LogP contribution in [0.25, 0.3) is 0 Å². The lowest BCUT2D eigenvalue weighted by molar-refractivity contribution is -0.151. The van der Waals surface area contributed by atoms with Gasteiger partial charge < -0.3 is 20.3 Å². The number of rotatable bonds is 49. The standard InChI is InChI=1S/C60H105NO5/c1-4-7-10-13-16-19-22-25-28-30-32-34-37-40-43-46-49-52-58(63)57(55-62)61-59(64)54-56(51-48-45-42-39-36-33-31-29-26-23-20-17-14-11-8-5-2)66-60(65)53-50-47-44-41-38-35-27-24-21-18-15-12-9-6-3/h9,11-12,14,17-18,20-21,23,26,29,31,33,36,56-58,62-63H,4-8,10,13,15-16,19,22,24-25,27-28,30,32,34-35,37-55H2,1-3H3,(H,61,64)/b12-9+,14-11+,20-17+,21-18+,26-23+,31-29+,36-33+. The predicted octanol–water partition coefficient (Wildman–Crippen LogP) is 17.1. The average Bonchev–Trinajstić information content (AvgIpc) is 3.31. The first-order chi connectivity index (χ1) is 32.5. The maximum atomic E-state index is 13.3. The van der Waals surface area contributed by atoms with Crippen LogP contribution in [0.2, 0.25) is 0 Å². The van der Waals surface area contributed by atoms with Gasteiger partial charge in [-0.15, -0.1) is 0 Å². The average molecular weight is 921 g/mol. The van der Waals surface area contributed by atoms with Gasteiger partial charge in [-0.25, -0.2) is 0 Å². The third-order valence-corrected chi connectivity index (χ3v) is 12.3. The number of allylic oxidation sites excluding steroid dienone is 14. The normalized spacial score (nSPS) is 13.8. The van der Waals surface area contributed by atoms with Crippen molar-refractivity contribution in [2.75, 3.05) is 6.61 Å². The van der Waals surface area contributed by atoms with E-state index in [1.54, 1.807) is 0 Å². The summed E-state index contributed by atoms with van der Waals surface area (Å²) in [7, 11) is 0. The van der Waals surface area contributed by atoms with E-state index in [1.807, 2.05) is 36.5 Å². The van der Waals surface area contributed by atoms with Crippen LogP contribution in [0.4, 0.5) is 0 Å². The van der Waals surface area contributed by atoms with Crippen LogP contribution in [0.1, 0.15) is 258 Å². The summed E-state index contributed by atoms with van der Waals surface area (Å²) < 4.78 is 5.93. The van der Waals surface area contributed by atoms with Crippen LogP contribution in [0.15, 0.2) is 85.1 Å². The van der Waals surface area contributed by atoms with Crippen molar-refractivity contribution in [3.8, 4) is 0 Å². The number of amides is 1.